The Bertz CT molecular complexity index is 850. The van der Waals surface area contributed by atoms with Gasteiger partial charge in [-0.25, -0.2) is 0 Å². The minimum absolute atomic E-state index is 0.192. The first kappa shape index (κ1) is 15.9. The highest BCUT2D eigenvalue weighted by atomic mass is 16.5. The standard InChI is InChI=1S/C16H18N6O2/c1-10-19-15(21-24-10)12-5-3-11(4-6-12)9-18-16(23)14-7-13(8-17)20-22(14)2/h3-7H,8-9,17H2,1-2H3,(H,18,23). The Morgan fingerprint density at radius 3 is 2.67 bits per heavy atom. The van der Waals surface area contributed by atoms with Crippen LogP contribution in [0.15, 0.2) is 34.9 Å². The summed E-state index contributed by atoms with van der Waals surface area (Å²) in [5.41, 5.74) is 8.53. The number of hydrogen-bond donors (Lipinski definition) is 2. The summed E-state index contributed by atoms with van der Waals surface area (Å²) in [5.74, 6) is 0.879. The van der Waals surface area contributed by atoms with Gasteiger partial charge >= 0.3 is 0 Å². The highest BCUT2D eigenvalue weighted by Gasteiger charge is 2.12. The third-order valence-electron chi connectivity index (χ3n) is 3.56. The minimum Gasteiger partial charge on any atom is -0.347 e. The molecule has 0 saturated carbocycles. The van der Waals surface area contributed by atoms with Gasteiger partial charge in [0.1, 0.15) is 5.69 Å². The average molecular weight is 326 g/mol. The summed E-state index contributed by atoms with van der Waals surface area (Å²) in [5, 5.41) is 10.9. The van der Waals surface area contributed by atoms with Crippen molar-refractivity contribution in [3.63, 3.8) is 0 Å². The van der Waals surface area contributed by atoms with E-state index >= 15 is 0 Å². The highest BCUT2D eigenvalue weighted by molar-refractivity contribution is 5.92. The van der Waals surface area contributed by atoms with Gasteiger partial charge in [-0.05, 0) is 11.6 Å². The smallest absolute Gasteiger partial charge is 0.269 e. The van der Waals surface area contributed by atoms with Crippen LogP contribution in [-0.2, 0) is 20.1 Å². The first-order chi connectivity index (χ1) is 11.6. The van der Waals surface area contributed by atoms with Crippen molar-refractivity contribution >= 4 is 5.91 Å². The molecule has 0 saturated heterocycles. The summed E-state index contributed by atoms with van der Waals surface area (Å²) in [6, 6.07) is 9.30. The van der Waals surface area contributed by atoms with E-state index in [-0.39, 0.29) is 5.91 Å². The van der Waals surface area contributed by atoms with Gasteiger partial charge < -0.3 is 15.6 Å². The Morgan fingerprint density at radius 2 is 2.08 bits per heavy atom. The zero-order valence-electron chi connectivity index (χ0n) is 13.5. The Labute approximate surface area is 138 Å². The Morgan fingerprint density at radius 1 is 1.33 bits per heavy atom. The van der Waals surface area contributed by atoms with Crippen LogP contribution in [0.3, 0.4) is 0 Å². The van der Waals surface area contributed by atoms with Crippen LogP contribution in [-0.4, -0.2) is 25.8 Å². The molecule has 3 aromatic rings. The monoisotopic (exact) mass is 326 g/mol. The number of aromatic nitrogens is 4. The molecule has 2 heterocycles. The third kappa shape index (κ3) is 3.33. The molecule has 0 aliphatic rings. The summed E-state index contributed by atoms with van der Waals surface area (Å²) in [6.45, 7) is 2.46. The van der Waals surface area contributed by atoms with E-state index in [9.17, 15) is 4.79 Å². The van der Waals surface area contributed by atoms with Crippen LogP contribution < -0.4 is 11.1 Å². The lowest BCUT2D eigenvalue weighted by Gasteiger charge is -2.06. The number of carbonyl (C=O) groups is 1. The molecule has 24 heavy (non-hydrogen) atoms. The topological polar surface area (TPSA) is 112 Å². The van der Waals surface area contributed by atoms with Crippen molar-refractivity contribution in [1.29, 1.82) is 0 Å². The van der Waals surface area contributed by atoms with Crippen molar-refractivity contribution in [2.24, 2.45) is 12.8 Å². The molecule has 1 aromatic carbocycles. The molecule has 8 heteroatoms. The van der Waals surface area contributed by atoms with Gasteiger partial charge in [-0.3, -0.25) is 9.48 Å². The second-order valence-corrected chi connectivity index (χ2v) is 5.37. The zero-order valence-corrected chi connectivity index (χ0v) is 13.5. The quantitative estimate of drug-likeness (QED) is 0.728. The van der Waals surface area contributed by atoms with E-state index in [1.165, 1.54) is 4.68 Å². The molecule has 0 unspecified atom stereocenters. The predicted octanol–water partition coefficient (Wildman–Crippen LogP) is 1.17. The Kier molecular flexibility index (Phi) is 4.39. The van der Waals surface area contributed by atoms with E-state index in [0.717, 1.165) is 11.1 Å². The Balaban J connectivity index is 1.64. The normalized spacial score (nSPS) is 10.8. The Hall–Kier alpha value is -3.00. The van der Waals surface area contributed by atoms with Crippen LogP contribution in [0.2, 0.25) is 0 Å². The SMILES string of the molecule is Cc1nc(-c2ccc(CNC(=O)c3cc(CN)nn3C)cc2)no1. The number of carbonyl (C=O) groups excluding carboxylic acids is 1. The lowest BCUT2D eigenvalue weighted by molar-refractivity contribution is 0.0941. The van der Waals surface area contributed by atoms with Gasteiger partial charge in [0.2, 0.25) is 11.7 Å². The number of nitrogens with zero attached hydrogens (tertiary/aromatic N) is 4. The molecule has 0 radical (unpaired) electrons. The molecule has 0 aliphatic heterocycles. The van der Waals surface area contributed by atoms with E-state index in [0.29, 0.717) is 36.2 Å². The molecular weight excluding hydrogens is 308 g/mol. The molecule has 3 N–H and O–H groups in total. The molecule has 0 fully saturated rings. The van der Waals surface area contributed by atoms with Crippen LogP contribution >= 0.6 is 0 Å². The van der Waals surface area contributed by atoms with Gasteiger partial charge in [-0.15, -0.1) is 0 Å². The van der Waals surface area contributed by atoms with Crippen LogP contribution in [0.4, 0.5) is 0 Å². The van der Waals surface area contributed by atoms with E-state index in [4.69, 9.17) is 10.3 Å². The second-order valence-electron chi connectivity index (χ2n) is 5.37. The fourth-order valence-electron chi connectivity index (χ4n) is 2.30. The van der Waals surface area contributed by atoms with Gasteiger partial charge in [0.25, 0.3) is 5.91 Å². The first-order valence-electron chi connectivity index (χ1n) is 7.47. The molecule has 1 amide bonds. The van der Waals surface area contributed by atoms with Crippen LogP contribution in [0.1, 0.15) is 27.6 Å². The summed E-state index contributed by atoms with van der Waals surface area (Å²) in [6.07, 6.45) is 0. The maximum atomic E-state index is 12.2. The maximum Gasteiger partial charge on any atom is 0.269 e. The van der Waals surface area contributed by atoms with Gasteiger partial charge in [0.15, 0.2) is 0 Å². The largest absolute Gasteiger partial charge is 0.347 e. The number of benzene rings is 1. The van der Waals surface area contributed by atoms with E-state index in [1.54, 1.807) is 20.0 Å². The van der Waals surface area contributed by atoms with E-state index in [1.807, 2.05) is 24.3 Å². The summed E-state index contributed by atoms with van der Waals surface area (Å²) >= 11 is 0. The molecule has 0 bridgehead atoms. The van der Waals surface area contributed by atoms with Gasteiger partial charge in [-0.1, -0.05) is 29.4 Å². The number of nitrogens with one attached hydrogen (secondary N) is 1. The first-order valence-corrected chi connectivity index (χ1v) is 7.47. The van der Waals surface area contributed by atoms with Crippen LogP contribution in [0.5, 0.6) is 0 Å². The number of rotatable bonds is 5. The van der Waals surface area contributed by atoms with Crippen molar-refractivity contribution in [3.05, 3.63) is 53.2 Å². The fraction of sp³-hybridized carbons (Fsp3) is 0.250. The van der Waals surface area contributed by atoms with Gasteiger partial charge in [0, 0.05) is 32.6 Å². The minimum atomic E-state index is -0.192. The van der Waals surface area contributed by atoms with E-state index in [2.05, 4.69) is 20.6 Å². The summed E-state index contributed by atoms with van der Waals surface area (Å²) < 4.78 is 6.49. The number of hydrogen-bond acceptors (Lipinski definition) is 6. The molecule has 3 rings (SSSR count). The van der Waals surface area contributed by atoms with Gasteiger partial charge in [0.05, 0.1) is 5.69 Å². The van der Waals surface area contributed by atoms with Crippen molar-refractivity contribution in [2.75, 3.05) is 0 Å². The summed E-state index contributed by atoms with van der Waals surface area (Å²) in [4.78, 5) is 16.4. The van der Waals surface area contributed by atoms with Crippen molar-refractivity contribution in [1.82, 2.24) is 25.2 Å². The molecule has 0 aliphatic carbocycles. The summed E-state index contributed by atoms with van der Waals surface area (Å²) in [7, 11) is 1.72. The zero-order chi connectivity index (χ0) is 17.1. The van der Waals surface area contributed by atoms with Crippen molar-refractivity contribution in [3.8, 4) is 11.4 Å². The second kappa shape index (κ2) is 6.63. The molecule has 2 aromatic heterocycles. The fourth-order valence-corrected chi connectivity index (χ4v) is 2.30. The van der Waals surface area contributed by atoms with Crippen LogP contribution in [0, 0.1) is 6.92 Å². The number of nitrogens with two attached hydrogens (primary N) is 1. The van der Waals surface area contributed by atoms with Crippen molar-refractivity contribution < 1.29 is 9.32 Å². The van der Waals surface area contributed by atoms with Crippen molar-refractivity contribution in [2.45, 2.75) is 20.0 Å². The molecular formula is C16H18N6O2. The number of amides is 1. The number of aryl methyl sites for hydroxylation is 2. The predicted molar refractivity (Wildman–Crippen MR) is 86.7 cm³/mol. The molecule has 124 valence electrons. The van der Waals surface area contributed by atoms with Crippen LogP contribution in [0.25, 0.3) is 11.4 Å². The molecule has 0 atom stereocenters. The average Bonchev–Trinajstić information content (AvgIpc) is 3.19. The molecule has 0 spiro atoms. The lowest BCUT2D eigenvalue weighted by atomic mass is 10.1. The van der Waals surface area contributed by atoms with E-state index < -0.39 is 0 Å². The molecule has 8 nitrogen and oxygen atoms in total. The highest BCUT2D eigenvalue weighted by Crippen LogP contribution is 2.16. The lowest BCUT2D eigenvalue weighted by Crippen LogP contribution is -2.25. The maximum absolute atomic E-state index is 12.2. The van der Waals surface area contributed by atoms with Gasteiger partial charge in [-0.2, -0.15) is 10.1 Å². The third-order valence-corrected chi connectivity index (χ3v) is 3.56.